The average Bonchev–Trinajstić information content (AvgIpc) is 3.19. The zero-order chi connectivity index (χ0) is 40.8. The number of hydrogen-bond donors (Lipinski definition) is 0. The number of ether oxygens (including phenoxy) is 3. The summed E-state index contributed by atoms with van der Waals surface area (Å²) >= 11 is 0. The molecule has 0 aliphatic carbocycles. The SMILES string of the molecule is CC/C=C\C/C=C\C/C=C\C/C=C\CCCCCCCCCCC(=O)OCC(COC(=O)CCCCCCC)OC(=O)CCCCCCCCCCCCCC. The molecule has 0 aromatic heterocycles. The standard InChI is InChI=1S/C50H88O6/c1-4-7-10-13-15-17-19-21-22-23-24-25-26-27-28-29-31-32-34-37-40-43-49(52)55-46-47(45-54-48(51)42-39-36-12-9-6-3)56-50(53)44-41-38-35-33-30-20-18-16-14-11-8-5-2/h7,10,15,17,21-22,24-25,47H,4-6,8-9,11-14,16,18-20,23,26-46H2,1-3H3/b10-7-,17-15-,22-21-,25-24-. The van der Waals surface area contributed by atoms with Crippen molar-refractivity contribution >= 4 is 17.9 Å². The summed E-state index contributed by atoms with van der Waals surface area (Å²) in [6.07, 6.45) is 52.7. The van der Waals surface area contributed by atoms with Crippen LogP contribution in [-0.2, 0) is 28.6 Å². The summed E-state index contributed by atoms with van der Waals surface area (Å²) in [5, 5.41) is 0. The largest absolute Gasteiger partial charge is 0.462 e. The van der Waals surface area contributed by atoms with Gasteiger partial charge in [-0.05, 0) is 57.8 Å². The molecule has 0 aromatic rings. The molecule has 0 spiro atoms. The number of allylic oxidation sites excluding steroid dienone is 8. The van der Waals surface area contributed by atoms with Gasteiger partial charge in [-0.15, -0.1) is 0 Å². The second-order valence-corrected chi connectivity index (χ2v) is 15.6. The smallest absolute Gasteiger partial charge is 0.306 e. The van der Waals surface area contributed by atoms with Crippen LogP contribution in [0, 0.1) is 0 Å². The van der Waals surface area contributed by atoms with Crippen LogP contribution in [0.4, 0.5) is 0 Å². The number of carbonyl (C=O) groups excluding carboxylic acids is 3. The highest BCUT2D eigenvalue weighted by Crippen LogP contribution is 2.15. The number of hydrogen-bond acceptors (Lipinski definition) is 6. The average molecular weight is 785 g/mol. The second-order valence-electron chi connectivity index (χ2n) is 15.6. The lowest BCUT2D eigenvalue weighted by atomic mass is 10.0. The highest BCUT2D eigenvalue weighted by atomic mass is 16.6. The van der Waals surface area contributed by atoms with Gasteiger partial charge in [-0.2, -0.15) is 0 Å². The van der Waals surface area contributed by atoms with Crippen molar-refractivity contribution in [3.05, 3.63) is 48.6 Å². The van der Waals surface area contributed by atoms with E-state index in [1.54, 1.807) is 0 Å². The van der Waals surface area contributed by atoms with Gasteiger partial charge in [0.2, 0.25) is 0 Å². The van der Waals surface area contributed by atoms with Gasteiger partial charge in [-0.1, -0.05) is 204 Å². The van der Waals surface area contributed by atoms with E-state index in [-0.39, 0.29) is 31.1 Å². The molecule has 0 aliphatic rings. The monoisotopic (exact) mass is 785 g/mol. The lowest BCUT2D eigenvalue weighted by Crippen LogP contribution is -2.30. The number of unbranched alkanes of at least 4 members (excludes halogenated alkanes) is 23. The van der Waals surface area contributed by atoms with Gasteiger partial charge < -0.3 is 14.2 Å². The fraction of sp³-hybridized carbons (Fsp3) is 0.780. The normalized spacial score (nSPS) is 12.4. The van der Waals surface area contributed by atoms with Crippen LogP contribution in [0.1, 0.15) is 233 Å². The first kappa shape index (κ1) is 53.4. The van der Waals surface area contributed by atoms with Crippen molar-refractivity contribution in [2.24, 2.45) is 0 Å². The van der Waals surface area contributed by atoms with Gasteiger partial charge in [0, 0.05) is 19.3 Å². The molecule has 0 amide bonds. The first-order chi connectivity index (χ1) is 27.5. The predicted octanol–water partition coefficient (Wildman–Crippen LogP) is 15.1. The summed E-state index contributed by atoms with van der Waals surface area (Å²) in [6.45, 7) is 6.43. The third-order valence-electron chi connectivity index (χ3n) is 10.1. The molecule has 324 valence electrons. The van der Waals surface area contributed by atoms with Crippen molar-refractivity contribution < 1.29 is 28.6 Å². The third kappa shape index (κ3) is 42.5. The zero-order valence-corrected chi connectivity index (χ0v) is 36.9. The maximum atomic E-state index is 12.7. The summed E-state index contributed by atoms with van der Waals surface area (Å²) in [4.78, 5) is 37.5. The van der Waals surface area contributed by atoms with Gasteiger partial charge in [-0.3, -0.25) is 14.4 Å². The molecule has 1 unspecified atom stereocenters. The molecular formula is C50H88O6. The summed E-state index contributed by atoms with van der Waals surface area (Å²) in [6, 6.07) is 0. The van der Waals surface area contributed by atoms with E-state index in [1.807, 2.05) is 0 Å². The summed E-state index contributed by atoms with van der Waals surface area (Å²) in [7, 11) is 0. The quantitative estimate of drug-likeness (QED) is 0.0265. The second kappa shape index (κ2) is 45.1. The molecule has 0 rings (SSSR count). The van der Waals surface area contributed by atoms with Crippen LogP contribution in [0.25, 0.3) is 0 Å². The van der Waals surface area contributed by atoms with E-state index < -0.39 is 6.10 Å². The van der Waals surface area contributed by atoms with Crippen LogP contribution in [0.15, 0.2) is 48.6 Å². The van der Waals surface area contributed by atoms with Crippen LogP contribution in [0.2, 0.25) is 0 Å². The van der Waals surface area contributed by atoms with Crippen LogP contribution in [-0.4, -0.2) is 37.2 Å². The Morgan fingerprint density at radius 1 is 0.375 bits per heavy atom. The van der Waals surface area contributed by atoms with Crippen molar-refractivity contribution in [1.82, 2.24) is 0 Å². The molecule has 0 saturated carbocycles. The minimum atomic E-state index is -0.768. The maximum Gasteiger partial charge on any atom is 0.306 e. The van der Waals surface area contributed by atoms with Gasteiger partial charge >= 0.3 is 17.9 Å². The van der Waals surface area contributed by atoms with Crippen LogP contribution in [0.3, 0.4) is 0 Å². The molecule has 0 N–H and O–H groups in total. The highest BCUT2D eigenvalue weighted by molar-refractivity contribution is 5.71. The van der Waals surface area contributed by atoms with Crippen LogP contribution >= 0.6 is 0 Å². The Hall–Kier alpha value is -2.63. The Morgan fingerprint density at radius 2 is 0.696 bits per heavy atom. The van der Waals surface area contributed by atoms with Gasteiger partial charge in [0.15, 0.2) is 6.10 Å². The van der Waals surface area contributed by atoms with Crippen molar-refractivity contribution in [2.45, 2.75) is 239 Å². The minimum absolute atomic E-state index is 0.0747. The van der Waals surface area contributed by atoms with Crippen LogP contribution in [0.5, 0.6) is 0 Å². The number of esters is 3. The van der Waals surface area contributed by atoms with Crippen LogP contribution < -0.4 is 0 Å². The predicted molar refractivity (Wildman–Crippen MR) is 238 cm³/mol. The van der Waals surface area contributed by atoms with E-state index in [0.29, 0.717) is 19.3 Å². The molecule has 1 atom stereocenters. The topological polar surface area (TPSA) is 78.9 Å². The molecule has 56 heavy (non-hydrogen) atoms. The maximum absolute atomic E-state index is 12.7. The van der Waals surface area contributed by atoms with Gasteiger partial charge in [0.05, 0.1) is 0 Å². The van der Waals surface area contributed by atoms with E-state index >= 15 is 0 Å². The third-order valence-corrected chi connectivity index (χ3v) is 10.1. The molecule has 0 radical (unpaired) electrons. The first-order valence-electron chi connectivity index (χ1n) is 23.6. The molecule has 6 heteroatoms. The molecule has 0 saturated heterocycles. The Balaban J connectivity index is 4.16. The van der Waals surface area contributed by atoms with Crippen molar-refractivity contribution in [3.8, 4) is 0 Å². The Morgan fingerprint density at radius 3 is 1.09 bits per heavy atom. The molecule has 0 bridgehead atoms. The van der Waals surface area contributed by atoms with Gasteiger partial charge in [0.25, 0.3) is 0 Å². The lowest BCUT2D eigenvalue weighted by Gasteiger charge is -2.18. The number of rotatable bonds is 42. The molecule has 0 fully saturated rings. The molecule has 6 nitrogen and oxygen atoms in total. The highest BCUT2D eigenvalue weighted by Gasteiger charge is 2.19. The Kier molecular flexibility index (Phi) is 43.0. The zero-order valence-electron chi connectivity index (χ0n) is 36.9. The van der Waals surface area contributed by atoms with Gasteiger partial charge in [-0.25, -0.2) is 0 Å². The van der Waals surface area contributed by atoms with E-state index in [2.05, 4.69) is 69.4 Å². The summed E-state index contributed by atoms with van der Waals surface area (Å²) in [5.41, 5.74) is 0. The van der Waals surface area contributed by atoms with E-state index in [4.69, 9.17) is 14.2 Å². The lowest BCUT2D eigenvalue weighted by molar-refractivity contribution is -0.167. The number of carbonyl (C=O) groups is 3. The minimum Gasteiger partial charge on any atom is -0.462 e. The summed E-state index contributed by atoms with van der Waals surface area (Å²) < 4.78 is 16.6. The van der Waals surface area contributed by atoms with Crippen molar-refractivity contribution in [3.63, 3.8) is 0 Å². The van der Waals surface area contributed by atoms with Gasteiger partial charge in [0.1, 0.15) is 13.2 Å². The van der Waals surface area contributed by atoms with E-state index in [1.165, 1.54) is 96.3 Å². The van der Waals surface area contributed by atoms with Crippen molar-refractivity contribution in [2.75, 3.05) is 13.2 Å². The van der Waals surface area contributed by atoms with E-state index in [9.17, 15) is 14.4 Å². The Labute approximate surface area is 346 Å². The Bertz CT molecular complexity index is 996. The fourth-order valence-electron chi connectivity index (χ4n) is 6.55. The molecular weight excluding hydrogens is 697 g/mol. The fourth-order valence-corrected chi connectivity index (χ4v) is 6.55. The molecule has 0 aromatic carbocycles. The molecule has 0 heterocycles. The molecule has 0 aliphatic heterocycles. The first-order valence-corrected chi connectivity index (χ1v) is 23.6. The van der Waals surface area contributed by atoms with E-state index in [0.717, 1.165) is 96.3 Å². The summed E-state index contributed by atoms with van der Waals surface area (Å²) in [5.74, 6) is -0.894. The van der Waals surface area contributed by atoms with Crippen molar-refractivity contribution in [1.29, 1.82) is 0 Å².